The number of rotatable bonds is 7. The van der Waals surface area contributed by atoms with Crippen LogP contribution in [-0.4, -0.2) is 34.6 Å². The summed E-state index contributed by atoms with van der Waals surface area (Å²) in [6, 6.07) is 16.8. The number of thiophene rings is 2. The Hall–Kier alpha value is -3.75. The third-order valence-corrected chi connectivity index (χ3v) is 8.73. The fourth-order valence-corrected chi connectivity index (χ4v) is 6.88. The Balaban J connectivity index is 1.71. The average molecular weight is 531 g/mol. The van der Waals surface area contributed by atoms with Gasteiger partial charge in [0.1, 0.15) is 11.8 Å². The Labute approximate surface area is 223 Å². The number of aryl methyl sites for hydroxylation is 2. The van der Waals surface area contributed by atoms with Gasteiger partial charge in [-0.3, -0.25) is 14.4 Å². The molecule has 1 aromatic carbocycles. The van der Waals surface area contributed by atoms with Crippen molar-refractivity contribution < 1.29 is 18.8 Å². The molecule has 4 heterocycles. The Kier molecular flexibility index (Phi) is 6.95. The van der Waals surface area contributed by atoms with Crippen LogP contribution < -0.4 is 5.73 Å². The predicted octanol–water partition coefficient (Wildman–Crippen LogP) is 5.69. The van der Waals surface area contributed by atoms with Crippen LogP contribution in [0.25, 0.3) is 6.08 Å². The van der Waals surface area contributed by atoms with Gasteiger partial charge in [0, 0.05) is 10.8 Å². The zero-order valence-electron chi connectivity index (χ0n) is 20.4. The van der Waals surface area contributed by atoms with Crippen LogP contribution in [-0.2, 0) is 4.79 Å². The molecule has 0 bridgehead atoms. The lowest BCUT2D eigenvalue weighted by molar-refractivity contribution is -0.122. The number of nitrogens with two attached hydrogens (primary N) is 1. The minimum absolute atomic E-state index is 0.202. The summed E-state index contributed by atoms with van der Waals surface area (Å²) in [6.07, 6.45) is 3.73. The highest BCUT2D eigenvalue weighted by atomic mass is 32.1. The van der Waals surface area contributed by atoms with E-state index in [4.69, 9.17) is 10.2 Å². The van der Waals surface area contributed by atoms with Gasteiger partial charge in [-0.05, 0) is 60.0 Å². The highest BCUT2D eigenvalue weighted by Gasteiger charge is 2.57. The fourth-order valence-electron chi connectivity index (χ4n) is 5.11. The maximum atomic E-state index is 14.1. The van der Waals surface area contributed by atoms with Gasteiger partial charge in [0.25, 0.3) is 5.91 Å². The Bertz CT molecular complexity index is 1450. The van der Waals surface area contributed by atoms with E-state index in [0.717, 1.165) is 16.0 Å². The topological polar surface area (TPSA) is 93.6 Å². The van der Waals surface area contributed by atoms with Crippen LogP contribution in [0.15, 0.2) is 81.9 Å². The van der Waals surface area contributed by atoms with Crippen molar-refractivity contribution in [3.05, 3.63) is 110 Å². The molecule has 3 aromatic heterocycles. The monoisotopic (exact) mass is 530 g/mol. The number of Topliss-reactive ketones (excluding diaryl/α,β-unsaturated/α-hetero) is 1. The van der Waals surface area contributed by atoms with Gasteiger partial charge in [0.05, 0.1) is 16.8 Å². The zero-order valence-corrected chi connectivity index (χ0v) is 22.0. The van der Waals surface area contributed by atoms with Gasteiger partial charge in [0.15, 0.2) is 5.76 Å². The van der Waals surface area contributed by atoms with Crippen molar-refractivity contribution in [2.24, 2.45) is 11.7 Å². The molecule has 0 spiro atoms. The molecular weight excluding hydrogens is 504 g/mol. The summed E-state index contributed by atoms with van der Waals surface area (Å²) in [5, 5.41) is 3.74. The summed E-state index contributed by atoms with van der Waals surface area (Å²) >= 11 is 2.76. The minimum atomic E-state index is -1.01. The minimum Gasteiger partial charge on any atom is -0.458 e. The lowest BCUT2D eigenvalue weighted by atomic mass is 9.80. The number of carbonyl (C=O) groups is 3. The molecule has 8 heteroatoms. The zero-order chi connectivity index (χ0) is 26.1. The van der Waals surface area contributed by atoms with Crippen LogP contribution in [0.1, 0.15) is 47.9 Å². The summed E-state index contributed by atoms with van der Waals surface area (Å²) < 4.78 is 5.74. The highest BCUT2D eigenvalue weighted by Crippen LogP contribution is 2.48. The van der Waals surface area contributed by atoms with E-state index in [2.05, 4.69) is 0 Å². The van der Waals surface area contributed by atoms with E-state index in [9.17, 15) is 14.4 Å². The molecule has 188 valence electrons. The Morgan fingerprint density at radius 1 is 0.946 bits per heavy atom. The summed E-state index contributed by atoms with van der Waals surface area (Å²) in [4.78, 5) is 44.0. The van der Waals surface area contributed by atoms with Crippen molar-refractivity contribution in [3.8, 4) is 0 Å². The van der Waals surface area contributed by atoms with Crippen molar-refractivity contribution in [2.75, 3.05) is 0 Å². The summed E-state index contributed by atoms with van der Waals surface area (Å²) in [6.45, 7) is 3.72. The molecule has 4 unspecified atom stereocenters. The van der Waals surface area contributed by atoms with Gasteiger partial charge in [-0.1, -0.05) is 48.6 Å². The van der Waals surface area contributed by atoms with Crippen molar-refractivity contribution in [2.45, 2.75) is 31.8 Å². The first-order valence-corrected chi connectivity index (χ1v) is 13.7. The highest BCUT2D eigenvalue weighted by molar-refractivity contribution is 7.12. The molecule has 1 saturated heterocycles. The van der Waals surface area contributed by atoms with Crippen LogP contribution >= 0.6 is 22.7 Å². The van der Waals surface area contributed by atoms with Crippen molar-refractivity contribution in [1.82, 2.24) is 4.90 Å². The lowest BCUT2D eigenvalue weighted by Gasteiger charge is -2.28. The van der Waals surface area contributed by atoms with Gasteiger partial charge < -0.3 is 15.1 Å². The summed E-state index contributed by atoms with van der Waals surface area (Å²) in [5.41, 5.74) is 7.88. The number of nitrogens with zero attached hydrogens (tertiary/aromatic N) is 1. The number of furan rings is 1. The molecule has 2 N–H and O–H groups in total. The molecule has 2 amide bonds. The van der Waals surface area contributed by atoms with E-state index in [1.807, 2.05) is 66.2 Å². The van der Waals surface area contributed by atoms with E-state index < -0.39 is 29.8 Å². The van der Waals surface area contributed by atoms with E-state index in [1.54, 1.807) is 31.2 Å². The SMILES string of the molecule is Cc1ccc(C(=O)C2C(c3sccc3C)C(C(N)=O)N(C(=O)c3cccs3)C2C=Cc2ccccc2)o1. The molecule has 4 atom stereocenters. The maximum Gasteiger partial charge on any atom is 0.265 e. The molecule has 1 fully saturated rings. The normalized spacial score (nSPS) is 21.5. The van der Waals surface area contributed by atoms with E-state index in [0.29, 0.717) is 10.6 Å². The number of ketones is 1. The smallest absolute Gasteiger partial charge is 0.265 e. The van der Waals surface area contributed by atoms with Crippen LogP contribution in [0.2, 0.25) is 0 Å². The Morgan fingerprint density at radius 3 is 2.32 bits per heavy atom. The molecule has 0 radical (unpaired) electrons. The molecular formula is C29H26N2O4S2. The van der Waals surface area contributed by atoms with E-state index in [-0.39, 0.29) is 17.5 Å². The first kappa shape index (κ1) is 24.9. The number of likely N-dealkylation sites (tertiary alicyclic amines) is 1. The number of carbonyl (C=O) groups excluding carboxylic acids is 3. The third-order valence-electron chi connectivity index (χ3n) is 6.75. The second-order valence-corrected chi connectivity index (χ2v) is 11.0. The lowest BCUT2D eigenvalue weighted by Crippen LogP contribution is -2.48. The fraction of sp³-hybridized carbons (Fsp3) is 0.207. The average Bonchev–Trinajstić information content (AvgIpc) is 3.68. The van der Waals surface area contributed by atoms with Crippen LogP contribution in [0.5, 0.6) is 0 Å². The molecule has 0 aliphatic carbocycles. The largest absolute Gasteiger partial charge is 0.458 e. The van der Waals surface area contributed by atoms with Gasteiger partial charge >= 0.3 is 0 Å². The predicted molar refractivity (Wildman–Crippen MR) is 146 cm³/mol. The molecule has 1 aliphatic heterocycles. The van der Waals surface area contributed by atoms with Crippen molar-refractivity contribution in [1.29, 1.82) is 0 Å². The first-order valence-electron chi connectivity index (χ1n) is 11.9. The van der Waals surface area contributed by atoms with Crippen molar-refractivity contribution in [3.63, 3.8) is 0 Å². The van der Waals surface area contributed by atoms with Crippen LogP contribution in [0.3, 0.4) is 0 Å². The van der Waals surface area contributed by atoms with Gasteiger partial charge in [0.2, 0.25) is 11.7 Å². The molecule has 5 rings (SSSR count). The molecule has 1 aliphatic rings. The Morgan fingerprint density at radius 2 is 1.73 bits per heavy atom. The second-order valence-electron chi connectivity index (χ2n) is 9.09. The van der Waals surface area contributed by atoms with Crippen molar-refractivity contribution >= 4 is 46.3 Å². The second kappa shape index (κ2) is 10.3. The van der Waals surface area contributed by atoms with Gasteiger partial charge in [-0.2, -0.15) is 0 Å². The summed E-state index contributed by atoms with van der Waals surface area (Å²) in [5.74, 6) is -1.82. The maximum absolute atomic E-state index is 14.1. The van der Waals surface area contributed by atoms with E-state index in [1.165, 1.54) is 27.6 Å². The standard InChI is InChI=1S/C29H26N2O4S2/c1-17-14-16-37-27(17)24-23(26(32)21-13-10-18(2)35-21)20(12-11-19-7-4-3-5-8-19)31(25(24)28(30)33)29(34)22-9-6-15-36-22/h3-16,20,23-25H,1-2H3,(H2,30,33). The number of benzene rings is 1. The van der Waals surface area contributed by atoms with Crippen LogP contribution in [0.4, 0.5) is 0 Å². The van der Waals surface area contributed by atoms with Gasteiger partial charge in [-0.25, -0.2) is 0 Å². The van der Waals surface area contributed by atoms with Crippen LogP contribution in [0, 0.1) is 19.8 Å². The molecule has 4 aromatic rings. The first-order chi connectivity index (χ1) is 17.9. The number of amides is 2. The molecule has 37 heavy (non-hydrogen) atoms. The molecule has 0 saturated carbocycles. The van der Waals surface area contributed by atoms with E-state index >= 15 is 0 Å². The van der Waals surface area contributed by atoms with Gasteiger partial charge in [-0.15, -0.1) is 22.7 Å². The number of hydrogen-bond donors (Lipinski definition) is 1. The quantitative estimate of drug-likeness (QED) is 0.311. The third kappa shape index (κ3) is 4.70. The summed E-state index contributed by atoms with van der Waals surface area (Å²) in [7, 11) is 0. The number of primary amides is 1. The molecule has 6 nitrogen and oxygen atoms in total. The number of hydrogen-bond acceptors (Lipinski definition) is 6.